The minimum atomic E-state index is -0.178. The van der Waals surface area contributed by atoms with Gasteiger partial charge in [-0.2, -0.15) is 5.10 Å². The molecule has 0 spiro atoms. The topological polar surface area (TPSA) is 69.2 Å². The van der Waals surface area contributed by atoms with Gasteiger partial charge in [-0.25, -0.2) is 5.43 Å². The van der Waals surface area contributed by atoms with Gasteiger partial charge in [0.2, 0.25) is 5.91 Å². The Morgan fingerprint density at radius 1 is 1.17 bits per heavy atom. The van der Waals surface area contributed by atoms with E-state index in [1.54, 1.807) is 33.5 Å². The van der Waals surface area contributed by atoms with Crippen molar-refractivity contribution < 1.29 is 19.0 Å². The first-order valence-corrected chi connectivity index (χ1v) is 7.70. The Labute approximate surface area is 138 Å². The van der Waals surface area contributed by atoms with E-state index < -0.39 is 0 Å². The molecule has 2 rings (SSSR count). The van der Waals surface area contributed by atoms with Crippen LogP contribution in [0.5, 0.6) is 17.2 Å². The average Bonchev–Trinajstić information content (AvgIpc) is 3.07. The van der Waals surface area contributed by atoms with Gasteiger partial charge in [-0.1, -0.05) is 6.07 Å². The lowest BCUT2D eigenvalue weighted by Crippen LogP contribution is -2.19. The van der Waals surface area contributed by atoms with Crippen LogP contribution in [-0.2, 0) is 11.2 Å². The minimum Gasteiger partial charge on any atom is -0.496 e. The number of carbonyl (C=O) groups is 1. The van der Waals surface area contributed by atoms with Gasteiger partial charge in [0.25, 0.3) is 0 Å². The number of nitrogens with zero attached hydrogens (tertiary/aromatic N) is 1. The smallest absolute Gasteiger partial charge is 0.245 e. The number of hydrogen-bond acceptors (Lipinski definition) is 6. The molecule has 0 aliphatic carbocycles. The lowest BCUT2D eigenvalue weighted by molar-refractivity contribution is -0.120. The summed E-state index contributed by atoms with van der Waals surface area (Å²) in [6.07, 6.45) is 1.81. The highest BCUT2D eigenvalue weighted by Gasteiger charge is 2.10. The van der Waals surface area contributed by atoms with Crippen LogP contribution in [0.2, 0.25) is 0 Å². The highest BCUT2D eigenvalue weighted by Crippen LogP contribution is 2.33. The molecule has 1 aromatic heterocycles. The summed E-state index contributed by atoms with van der Waals surface area (Å²) in [6, 6.07) is 7.25. The fourth-order valence-electron chi connectivity index (χ4n) is 1.94. The molecule has 0 radical (unpaired) electrons. The third-order valence-electron chi connectivity index (χ3n) is 3.04. The number of ether oxygens (including phenoxy) is 3. The maximum Gasteiger partial charge on any atom is 0.245 e. The van der Waals surface area contributed by atoms with E-state index in [0.717, 1.165) is 4.88 Å². The van der Waals surface area contributed by atoms with Crippen molar-refractivity contribution in [1.29, 1.82) is 0 Å². The van der Waals surface area contributed by atoms with Crippen molar-refractivity contribution in [2.45, 2.75) is 6.42 Å². The van der Waals surface area contributed by atoms with Crippen LogP contribution in [0.25, 0.3) is 0 Å². The third kappa shape index (κ3) is 4.46. The molecule has 0 aliphatic heterocycles. The molecular weight excluding hydrogens is 316 g/mol. The summed E-state index contributed by atoms with van der Waals surface area (Å²) >= 11 is 1.53. The van der Waals surface area contributed by atoms with Crippen molar-refractivity contribution in [1.82, 2.24) is 5.43 Å². The molecule has 1 heterocycles. The molecule has 6 nitrogen and oxygen atoms in total. The van der Waals surface area contributed by atoms with Crippen molar-refractivity contribution in [2.75, 3.05) is 21.3 Å². The van der Waals surface area contributed by atoms with Gasteiger partial charge in [-0.15, -0.1) is 11.3 Å². The maximum absolute atomic E-state index is 11.8. The highest BCUT2D eigenvalue weighted by molar-refractivity contribution is 7.10. The molecule has 7 heteroatoms. The zero-order chi connectivity index (χ0) is 16.7. The molecule has 23 heavy (non-hydrogen) atoms. The first kappa shape index (κ1) is 16.8. The van der Waals surface area contributed by atoms with Gasteiger partial charge in [-0.05, 0) is 17.5 Å². The van der Waals surface area contributed by atoms with Crippen LogP contribution in [0.4, 0.5) is 0 Å². The Morgan fingerprint density at radius 3 is 2.48 bits per heavy atom. The van der Waals surface area contributed by atoms with Crippen LogP contribution in [0.1, 0.15) is 10.4 Å². The second-order valence-electron chi connectivity index (χ2n) is 4.50. The molecule has 0 bridgehead atoms. The SMILES string of the molecule is COc1cc(OC)c(OC)cc1C=NNC(=O)Cc1cccs1. The lowest BCUT2D eigenvalue weighted by Gasteiger charge is -2.11. The summed E-state index contributed by atoms with van der Waals surface area (Å²) < 4.78 is 15.8. The van der Waals surface area contributed by atoms with E-state index >= 15 is 0 Å². The number of benzene rings is 1. The predicted molar refractivity (Wildman–Crippen MR) is 89.9 cm³/mol. The Hall–Kier alpha value is -2.54. The second kappa shape index (κ2) is 8.19. The highest BCUT2D eigenvalue weighted by atomic mass is 32.1. The molecule has 0 unspecified atom stereocenters. The van der Waals surface area contributed by atoms with Gasteiger partial charge in [0, 0.05) is 16.5 Å². The van der Waals surface area contributed by atoms with Crippen molar-refractivity contribution in [3.05, 3.63) is 40.1 Å². The number of nitrogens with one attached hydrogen (secondary N) is 1. The molecule has 1 N–H and O–H groups in total. The van der Waals surface area contributed by atoms with Crippen LogP contribution in [0.3, 0.4) is 0 Å². The van der Waals surface area contributed by atoms with Crippen molar-refractivity contribution in [3.63, 3.8) is 0 Å². The number of thiophene rings is 1. The number of methoxy groups -OCH3 is 3. The molecule has 0 atom stereocenters. The van der Waals surface area contributed by atoms with Crippen LogP contribution in [0, 0.1) is 0 Å². The first-order chi connectivity index (χ1) is 11.2. The number of amides is 1. The van der Waals surface area contributed by atoms with E-state index in [4.69, 9.17) is 14.2 Å². The van der Waals surface area contributed by atoms with Gasteiger partial charge in [-0.3, -0.25) is 4.79 Å². The predicted octanol–water partition coefficient (Wildman–Crippen LogP) is 2.47. The van der Waals surface area contributed by atoms with Crippen LogP contribution in [0.15, 0.2) is 34.7 Å². The van der Waals surface area contributed by atoms with Gasteiger partial charge in [0.15, 0.2) is 11.5 Å². The molecule has 1 aromatic carbocycles. The van der Waals surface area contributed by atoms with Gasteiger partial charge in [0.05, 0.1) is 34.0 Å². The molecule has 0 aliphatic rings. The Bertz CT molecular complexity index is 684. The Morgan fingerprint density at radius 2 is 1.87 bits per heavy atom. The maximum atomic E-state index is 11.8. The zero-order valence-electron chi connectivity index (χ0n) is 13.2. The first-order valence-electron chi connectivity index (χ1n) is 6.82. The quantitative estimate of drug-likeness (QED) is 0.624. The van der Waals surface area contributed by atoms with E-state index in [0.29, 0.717) is 29.2 Å². The summed E-state index contributed by atoms with van der Waals surface area (Å²) in [7, 11) is 4.65. The summed E-state index contributed by atoms with van der Waals surface area (Å²) in [5.74, 6) is 1.50. The monoisotopic (exact) mass is 334 g/mol. The number of hydrogen-bond donors (Lipinski definition) is 1. The van der Waals surface area contributed by atoms with Gasteiger partial charge in [0.1, 0.15) is 5.75 Å². The molecule has 2 aromatic rings. The lowest BCUT2D eigenvalue weighted by atomic mass is 10.2. The average molecular weight is 334 g/mol. The standard InChI is InChI=1S/C16H18N2O4S/c1-20-13-9-15(22-3)14(21-2)7-11(13)10-17-18-16(19)8-12-5-4-6-23-12/h4-7,9-10H,8H2,1-3H3,(H,18,19). The number of carbonyl (C=O) groups excluding carboxylic acids is 1. The summed E-state index contributed by atoms with van der Waals surface area (Å²) in [4.78, 5) is 12.8. The fraction of sp³-hybridized carbons (Fsp3) is 0.250. The minimum absolute atomic E-state index is 0.178. The van der Waals surface area contributed by atoms with Crippen LogP contribution >= 0.6 is 11.3 Å². The fourth-order valence-corrected chi connectivity index (χ4v) is 2.64. The van der Waals surface area contributed by atoms with Crippen molar-refractivity contribution >= 4 is 23.5 Å². The van der Waals surface area contributed by atoms with E-state index in [1.165, 1.54) is 17.6 Å². The van der Waals surface area contributed by atoms with E-state index in [1.807, 2.05) is 17.5 Å². The third-order valence-corrected chi connectivity index (χ3v) is 3.92. The normalized spacial score (nSPS) is 10.6. The van der Waals surface area contributed by atoms with E-state index in [2.05, 4.69) is 10.5 Å². The summed E-state index contributed by atoms with van der Waals surface area (Å²) in [5, 5.41) is 5.90. The Balaban J connectivity index is 2.07. The molecule has 1 amide bonds. The Kier molecular flexibility index (Phi) is 5.99. The summed E-state index contributed by atoms with van der Waals surface area (Å²) in [5.41, 5.74) is 3.16. The molecular formula is C16H18N2O4S. The molecule has 122 valence electrons. The van der Waals surface area contributed by atoms with Crippen molar-refractivity contribution in [2.24, 2.45) is 5.10 Å². The van der Waals surface area contributed by atoms with E-state index in [9.17, 15) is 4.79 Å². The summed E-state index contributed by atoms with van der Waals surface area (Å²) in [6.45, 7) is 0. The van der Waals surface area contributed by atoms with Crippen molar-refractivity contribution in [3.8, 4) is 17.2 Å². The van der Waals surface area contributed by atoms with Gasteiger partial charge >= 0.3 is 0 Å². The zero-order valence-corrected chi connectivity index (χ0v) is 14.0. The largest absolute Gasteiger partial charge is 0.496 e. The molecule has 0 saturated heterocycles. The van der Waals surface area contributed by atoms with E-state index in [-0.39, 0.29) is 5.91 Å². The van der Waals surface area contributed by atoms with Crippen LogP contribution < -0.4 is 19.6 Å². The molecule has 0 saturated carbocycles. The second-order valence-corrected chi connectivity index (χ2v) is 5.53. The van der Waals surface area contributed by atoms with Crippen LogP contribution in [-0.4, -0.2) is 33.5 Å². The number of hydrazone groups is 1. The number of rotatable bonds is 7. The van der Waals surface area contributed by atoms with Gasteiger partial charge < -0.3 is 14.2 Å². The molecule has 0 fully saturated rings.